The van der Waals surface area contributed by atoms with Gasteiger partial charge in [0.2, 0.25) is 5.88 Å². The summed E-state index contributed by atoms with van der Waals surface area (Å²) in [5.74, 6) is 0.677. The van der Waals surface area contributed by atoms with E-state index in [0.29, 0.717) is 5.75 Å². The van der Waals surface area contributed by atoms with Crippen LogP contribution in [0.5, 0.6) is 11.6 Å². The Kier molecular flexibility index (Phi) is 3.48. The highest BCUT2D eigenvalue weighted by molar-refractivity contribution is 6.22. The van der Waals surface area contributed by atoms with E-state index in [1.165, 1.54) is 12.4 Å². The minimum atomic E-state index is -0.959. The van der Waals surface area contributed by atoms with Crippen LogP contribution >= 0.6 is 0 Å². The van der Waals surface area contributed by atoms with Gasteiger partial charge in [0, 0.05) is 6.07 Å². The van der Waals surface area contributed by atoms with Crippen LogP contribution < -0.4 is 15.0 Å². The van der Waals surface area contributed by atoms with Crippen molar-refractivity contribution in [2.75, 3.05) is 4.90 Å². The third kappa shape index (κ3) is 2.85. The molecule has 23 heavy (non-hydrogen) atoms. The number of nitrogens with one attached hydrogen (secondary N) is 1. The van der Waals surface area contributed by atoms with E-state index in [1.807, 2.05) is 25.1 Å². The van der Waals surface area contributed by atoms with Gasteiger partial charge in [-0.2, -0.15) is 0 Å². The summed E-state index contributed by atoms with van der Waals surface area (Å²) in [5, 5.41) is 2.60. The van der Waals surface area contributed by atoms with Crippen LogP contribution in [0.25, 0.3) is 0 Å². The quantitative estimate of drug-likeness (QED) is 0.880. The first-order valence-corrected chi connectivity index (χ1v) is 7.10. The molecule has 0 saturated carbocycles. The zero-order valence-electron chi connectivity index (χ0n) is 13.0. The molecule has 1 fully saturated rings. The van der Waals surface area contributed by atoms with Crippen molar-refractivity contribution in [3.05, 3.63) is 42.2 Å². The Morgan fingerprint density at radius 2 is 1.96 bits per heavy atom. The fraction of sp³-hybridized carbons (Fsp3) is 0.250. The van der Waals surface area contributed by atoms with Gasteiger partial charge in [-0.25, -0.2) is 19.7 Å². The van der Waals surface area contributed by atoms with Crippen molar-refractivity contribution in [3.63, 3.8) is 0 Å². The number of aryl methyl sites for hydroxylation is 1. The summed E-state index contributed by atoms with van der Waals surface area (Å²) >= 11 is 0. The van der Waals surface area contributed by atoms with Crippen LogP contribution in [0.1, 0.15) is 19.4 Å². The number of amides is 3. The van der Waals surface area contributed by atoms with Crippen LogP contribution in [0.4, 0.5) is 10.6 Å². The van der Waals surface area contributed by atoms with Crippen LogP contribution in [0, 0.1) is 6.92 Å². The van der Waals surface area contributed by atoms with Crippen molar-refractivity contribution in [2.24, 2.45) is 0 Å². The van der Waals surface area contributed by atoms with Gasteiger partial charge in [0.1, 0.15) is 17.6 Å². The second-order valence-corrected chi connectivity index (χ2v) is 5.83. The number of rotatable bonds is 3. The molecule has 0 aliphatic carbocycles. The first-order chi connectivity index (χ1) is 10.9. The zero-order chi connectivity index (χ0) is 16.6. The molecule has 0 unspecified atom stereocenters. The standard InChI is InChI=1S/C16H16N4O3/c1-10-5-4-6-11(7-10)23-13-8-12(17-9-18-13)20-14(21)16(2,3)19-15(20)22/h4-9H,1-3H3,(H,19,22). The summed E-state index contributed by atoms with van der Waals surface area (Å²) in [4.78, 5) is 33.3. The zero-order valence-corrected chi connectivity index (χ0v) is 13.0. The average molecular weight is 312 g/mol. The highest BCUT2D eigenvalue weighted by Gasteiger charge is 2.45. The molecule has 0 spiro atoms. The number of benzene rings is 1. The van der Waals surface area contributed by atoms with E-state index in [9.17, 15) is 9.59 Å². The molecule has 2 heterocycles. The van der Waals surface area contributed by atoms with Gasteiger partial charge in [-0.3, -0.25) is 4.79 Å². The molecule has 1 aromatic carbocycles. The lowest BCUT2D eigenvalue weighted by atomic mass is 10.1. The summed E-state index contributed by atoms with van der Waals surface area (Å²) in [6.45, 7) is 5.23. The number of anilines is 1. The SMILES string of the molecule is Cc1cccc(Oc2cc(N3C(=O)NC(C)(C)C3=O)ncn2)c1. The molecule has 1 saturated heterocycles. The van der Waals surface area contributed by atoms with Crippen molar-refractivity contribution in [1.82, 2.24) is 15.3 Å². The second kappa shape index (κ2) is 5.35. The Morgan fingerprint density at radius 3 is 2.61 bits per heavy atom. The Morgan fingerprint density at radius 1 is 1.17 bits per heavy atom. The minimum Gasteiger partial charge on any atom is -0.439 e. The molecule has 1 aliphatic heterocycles. The highest BCUT2D eigenvalue weighted by atomic mass is 16.5. The van der Waals surface area contributed by atoms with Crippen LogP contribution in [0.3, 0.4) is 0 Å². The van der Waals surface area contributed by atoms with Gasteiger partial charge in [0.15, 0.2) is 5.82 Å². The molecular formula is C16H16N4O3. The van der Waals surface area contributed by atoms with Gasteiger partial charge in [0.25, 0.3) is 5.91 Å². The minimum absolute atomic E-state index is 0.177. The summed E-state index contributed by atoms with van der Waals surface area (Å²) in [5.41, 5.74) is 0.0900. The van der Waals surface area contributed by atoms with Gasteiger partial charge >= 0.3 is 6.03 Å². The first kappa shape index (κ1) is 15.0. The van der Waals surface area contributed by atoms with Gasteiger partial charge in [0.05, 0.1) is 0 Å². The molecule has 1 N–H and O–H groups in total. The molecule has 0 bridgehead atoms. The molecule has 0 atom stereocenters. The van der Waals surface area contributed by atoms with E-state index in [4.69, 9.17) is 4.74 Å². The van der Waals surface area contributed by atoms with E-state index >= 15 is 0 Å². The fourth-order valence-corrected chi connectivity index (χ4v) is 2.26. The van der Waals surface area contributed by atoms with Crippen LogP contribution in [0.2, 0.25) is 0 Å². The average Bonchev–Trinajstić information content (AvgIpc) is 2.67. The number of nitrogens with zero attached hydrogens (tertiary/aromatic N) is 3. The van der Waals surface area contributed by atoms with Crippen LogP contribution in [0.15, 0.2) is 36.7 Å². The first-order valence-electron chi connectivity index (χ1n) is 7.10. The maximum atomic E-state index is 12.3. The Bertz CT molecular complexity index is 788. The fourth-order valence-electron chi connectivity index (χ4n) is 2.26. The van der Waals surface area contributed by atoms with Crippen LogP contribution in [-0.4, -0.2) is 27.4 Å². The smallest absolute Gasteiger partial charge is 0.330 e. The predicted octanol–water partition coefficient (Wildman–Crippen LogP) is 2.41. The molecule has 118 valence electrons. The third-order valence-corrected chi connectivity index (χ3v) is 3.43. The second-order valence-electron chi connectivity index (χ2n) is 5.83. The lowest BCUT2D eigenvalue weighted by Gasteiger charge is -2.15. The lowest BCUT2D eigenvalue weighted by molar-refractivity contribution is -0.121. The number of carbonyl (C=O) groups excluding carboxylic acids is 2. The number of aromatic nitrogens is 2. The maximum absolute atomic E-state index is 12.3. The van der Waals surface area contributed by atoms with Gasteiger partial charge in [-0.05, 0) is 38.5 Å². The molecule has 2 aromatic rings. The van der Waals surface area contributed by atoms with Crippen molar-refractivity contribution in [3.8, 4) is 11.6 Å². The molecule has 3 amide bonds. The summed E-state index contributed by atoms with van der Waals surface area (Å²) in [7, 11) is 0. The number of ether oxygens (including phenoxy) is 1. The summed E-state index contributed by atoms with van der Waals surface area (Å²) in [6, 6.07) is 8.42. The van der Waals surface area contributed by atoms with Crippen molar-refractivity contribution in [1.29, 1.82) is 0 Å². The van der Waals surface area contributed by atoms with Crippen molar-refractivity contribution >= 4 is 17.8 Å². The lowest BCUT2D eigenvalue weighted by Crippen LogP contribution is -2.40. The maximum Gasteiger partial charge on any atom is 0.330 e. The number of imide groups is 1. The Hall–Kier alpha value is -2.96. The summed E-state index contributed by atoms with van der Waals surface area (Å²) in [6.07, 6.45) is 1.26. The molecule has 3 rings (SSSR count). The molecule has 1 aliphatic rings. The van der Waals surface area contributed by atoms with E-state index in [-0.39, 0.29) is 17.6 Å². The topological polar surface area (TPSA) is 84.4 Å². The summed E-state index contributed by atoms with van der Waals surface area (Å²) < 4.78 is 5.66. The number of hydrogen-bond acceptors (Lipinski definition) is 5. The third-order valence-electron chi connectivity index (χ3n) is 3.43. The van der Waals surface area contributed by atoms with Gasteiger partial charge < -0.3 is 10.1 Å². The van der Waals surface area contributed by atoms with E-state index in [0.717, 1.165) is 10.5 Å². The molecule has 0 radical (unpaired) electrons. The number of carbonyl (C=O) groups is 2. The van der Waals surface area contributed by atoms with Crippen LogP contribution in [-0.2, 0) is 4.79 Å². The molecule has 7 nitrogen and oxygen atoms in total. The van der Waals surface area contributed by atoms with E-state index in [2.05, 4.69) is 15.3 Å². The number of urea groups is 1. The normalized spacial score (nSPS) is 16.4. The Labute approximate surface area is 133 Å². The number of hydrogen-bond donors (Lipinski definition) is 1. The van der Waals surface area contributed by atoms with Crippen molar-refractivity contribution < 1.29 is 14.3 Å². The molecular weight excluding hydrogens is 296 g/mol. The molecule has 7 heteroatoms. The largest absolute Gasteiger partial charge is 0.439 e. The monoisotopic (exact) mass is 312 g/mol. The van der Waals surface area contributed by atoms with Gasteiger partial charge in [-0.15, -0.1) is 0 Å². The highest BCUT2D eigenvalue weighted by Crippen LogP contribution is 2.26. The van der Waals surface area contributed by atoms with E-state index < -0.39 is 11.6 Å². The Balaban J connectivity index is 1.89. The van der Waals surface area contributed by atoms with Crippen molar-refractivity contribution in [2.45, 2.75) is 26.3 Å². The van der Waals surface area contributed by atoms with E-state index in [1.54, 1.807) is 19.9 Å². The predicted molar refractivity (Wildman–Crippen MR) is 83.4 cm³/mol. The molecule has 1 aromatic heterocycles. The van der Waals surface area contributed by atoms with Gasteiger partial charge in [-0.1, -0.05) is 12.1 Å².